The zero-order valence-corrected chi connectivity index (χ0v) is 25.0. The Kier molecular flexibility index (Phi) is 6.80. The number of cyclic esters (lactones) is 1. The summed E-state index contributed by atoms with van der Waals surface area (Å²) in [7, 11) is 1.24. The fraction of sp³-hybridized carbons (Fsp3) is 0.645. The summed E-state index contributed by atoms with van der Waals surface area (Å²) >= 11 is 0. The van der Waals surface area contributed by atoms with Crippen LogP contribution in [-0.2, 0) is 42.9 Å². The summed E-state index contributed by atoms with van der Waals surface area (Å²) in [5.41, 5.74) is -6.55. The molecule has 1 aromatic heterocycles. The van der Waals surface area contributed by atoms with Gasteiger partial charge in [0.25, 0.3) is 0 Å². The number of rotatable bonds is 5. The number of hydrogen-bond donors (Lipinski definition) is 1. The Morgan fingerprint density at radius 3 is 2.36 bits per heavy atom. The Labute approximate surface area is 243 Å². The van der Waals surface area contributed by atoms with Crippen LogP contribution in [0.4, 0.5) is 0 Å². The summed E-state index contributed by atoms with van der Waals surface area (Å²) in [5, 5.41) is 13.0. The lowest BCUT2D eigenvalue weighted by Gasteiger charge is -2.70. The van der Waals surface area contributed by atoms with E-state index in [2.05, 4.69) is 0 Å². The molecule has 2 bridgehead atoms. The molecule has 1 aromatic rings. The number of carbonyl (C=O) groups is 5. The van der Waals surface area contributed by atoms with Crippen molar-refractivity contribution in [2.24, 2.45) is 28.1 Å². The van der Waals surface area contributed by atoms with E-state index in [1.54, 1.807) is 26.8 Å². The summed E-state index contributed by atoms with van der Waals surface area (Å²) in [6.45, 7) is 9.41. The van der Waals surface area contributed by atoms with Crippen molar-refractivity contribution in [3.8, 4) is 0 Å². The number of ketones is 1. The molecular formula is C31H38O11. The summed E-state index contributed by atoms with van der Waals surface area (Å²) in [4.78, 5) is 66.0. The Bertz CT molecular complexity index is 1370. The predicted octanol–water partition coefficient (Wildman–Crippen LogP) is 3.38. The highest BCUT2D eigenvalue weighted by Gasteiger charge is 2.80. The third kappa shape index (κ3) is 3.92. The Hall–Kier alpha value is -3.47. The molecule has 0 amide bonds. The molecule has 42 heavy (non-hydrogen) atoms. The molecule has 4 aliphatic rings. The number of aliphatic hydroxyl groups is 1. The number of Topliss-reactive ketones (excluding diaryl/α,β-unsaturated/α-hetero) is 1. The highest BCUT2D eigenvalue weighted by atomic mass is 16.6. The maximum absolute atomic E-state index is 14.8. The van der Waals surface area contributed by atoms with Crippen molar-refractivity contribution in [2.75, 3.05) is 7.11 Å². The van der Waals surface area contributed by atoms with E-state index in [1.807, 2.05) is 6.92 Å². The fourth-order valence-corrected chi connectivity index (χ4v) is 9.13. The van der Waals surface area contributed by atoms with Crippen LogP contribution >= 0.6 is 0 Å². The monoisotopic (exact) mass is 586 g/mol. The molecule has 3 aliphatic carbocycles. The van der Waals surface area contributed by atoms with Gasteiger partial charge in [0.1, 0.15) is 6.10 Å². The number of hydrogen-bond acceptors (Lipinski definition) is 11. The first-order valence-electron chi connectivity index (χ1n) is 14.1. The maximum atomic E-state index is 14.8. The molecule has 11 nitrogen and oxygen atoms in total. The number of fused-ring (bicyclic) bond motifs is 6. The van der Waals surface area contributed by atoms with Crippen LogP contribution < -0.4 is 0 Å². The molecule has 0 spiro atoms. The van der Waals surface area contributed by atoms with Gasteiger partial charge in [-0.3, -0.25) is 19.2 Å². The van der Waals surface area contributed by atoms with Crippen molar-refractivity contribution in [3.63, 3.8) is 0 Å². The van der Waals surface area contributed by atoms with E-state index in [-0.39, 0.29) is 6.42 Å². The minimum atomic E-state index is -2.11. The molecule has 228 valence electrons. The molecule has 5 rings (SSSR count). The van der Waals surface area contributed by atoms with E-state index in [9.17, 15) is 29.1 Å². The lowest BCUT2D eigenvalue weighted by molar-refractivity contribution is -0.278. The van der Waals surface area contributed by atoms with Crippen molar-refractivity contribution in [3.05, 3.63) is 35.8 Å². The van der Waals surface area contributed by atoms with E-state index in [4.69, 9.17) is 23.4 Å². The molecule has 11 heteroatoms. The second-order valence-electron chi connectivity index (χ2n) is 13.3. The third-order valence-electron chi connectivity index (χ3n) is 10.6. The van der Waals surface area contributed by atoms with E-state index in [1.165, 1.54) is 32.6 Å². The highest BCUT2D eigenvalue weighted by molar-refractivity contribution is 5.99. The van der Waals surface area contributed by atoms with Crippen LogP contribution in [0.2, 0.25) is 0 Å². The number of esters is 4. The Balaban J connectivity index is 1.79. The third-order valence-corrected chi connectivity index (χ3v) is 10.6. The molecule has 2 heterocycles. The molecule has 8 atom stereocenters. The molecule has 1 N–H and O–H groups in total. The number of furan rings is 1. The lowest BCUT2D eigenvalue weighted by atomic mass is 9.36. The number of methoxy groups -OCH3 is 1. The van der Waals surface area contributed by atoms with Crippen LogP contribution in [0.5, 0.6) is 0 Å². The van der Waals surface area contributed by atoms with Gasteiger partial charge in [-0.2, -0.15) is 0 Å². The zero-order chi connectivity index (χ0) is 31.0. The van der Waals surface area contributed by atoms with Crippen LogP contribution in [0.1, 0.15) is 78.9 Å². The smallest absolute Gasteiger partial charge is 0.331 e. The van der Waals surface area contributed by atoms with Crippen molar-refractivity contribution in [2.45, 2.75) is 90.6 Å². The molecule has 0 radical (unpaired) electrons. The van der Waals surface area contributed by atoms with Crippen LogP contribution in [0.15, 0.2) is 34.7 Å². The van der Waals surface area contributed by atoms with Gasteiger partial charge in [0.2, 0.25) is 5.60 Å². The highest BCUT2D eigenvalue weighted by Crippen LogP contribution is 2.71. The van der Waals surface area contributed by atoms with Gasteiger partial charge in [-0.1, -0.05) is 27.7 Å². The van der Waals surface area contributed by atoms with Gasteiger partial charge in [0.15, 0.2) is 11.9 Å². The average Bonchev–Trinajstić information content (AvgIpc) is 3.42. The van der Waals surface area contributed by atoms with Crippen molar-refractivity contribution in [1.82, 2.24) is 0 Å². The van der Waals surface area contributed by atoms with Gasteiger partial charge in [-0.25, -0.2) is 4.79 Å². The molecule has 0 unspecified atom stereocenters. The first-order valence-corrected chi connectivity index (χ1v) is 14.1. The summed E-state index contributed by atoms with van der Waals surface area (Å²) in [5.74, 6) is -4.93. The first-order chi connectivity index (χ1) is 19.5. The normalized spacial score (nSPS) is 40.0. The molecule has 3 fully saturated rings. The minimum absolute atomic E-state index is 0.220. The van der Waals surface area contributed by atoms with Gasteiger partial charge >= 0.3 is 23.9 Å². The van der Waals surface area contributed by atoms with E-state index in [0.717, 1.165) is 6.92 Å². The zero-order valence-electron chi connectivity index (χ0n) is 25.0. The SMILES string of the molecule is COC(=O)C[C@H]1C(C)(C)[C@H](OC(C)=O)[C@]2(OC(C)=O)C[C@@]3(O)C4=CC(=O)O[C@@H](c5ccoc5)[C@]4(C)CC[C@@H]3[C@@]1(C)C2=O. The van der Waals surface area contributed by atoms with E-state index in [0.29, 0.717) is 24.0 Å². The topological polar surface area (TPSA) is 156 Å². The Morgan fingerprint density at radius 1 is 1.10 bits per heavy atom. The summed E-state index contributed by atoms with van der Waals surface area (Å²) in [6, 6.07) is 1.69. The summed E-state index contributed by atoms with van der Waals surface area (Å²) < 4.78 is 27.8. The second-order valence-corrected chi connectivity index (χ2v) is 13.3. The molecular weight excluding hydrogens is 548 g/mol. The van der Waals surface area contributed by atoms with Crippen LogP contribution in [0.25, 0.3) is 0 Å². The van der Waals surface area contributed by atoms with E-state index >= 15 is 0 Å². The fourth-order valence-electron chi connectivity index (χ4n) is 9.13. The van der Waals surface area contributed by atoms with Crippen molar-refractivity contribution >= 4 is 29.7 Å². The molecule has 0 saturated heterocycles. The van der Waals surface area contributed by atoms with Crippen LogP contribution in [0.3, 0.4) is 0 Å². The van der Waals surface area contributed by atoms with Crippen LogP contribution in [-0.4, -0.2) is 59.2 Å². The minimum Gasteiger partial charge on any atom is -0.472 e. The number of ether oxygens (including phenoxy) is 4. The lowest BCUT2D eigenvalue weighted by Crippen LogP contribution is -2.80. The van der Waals surface area contributed by atoms with Gasteiger partial charge in [-0.15, -0.1) is 0 Å². The quantitative estimate of drug-likeness (QED) is 0.399. The molecule has 0 aromatic carbocycles. The van der Waals surface area contributed by atoms with Gasteiger partial charge in [0, 0.05) is 60.5 Å². The molecule has 3 saturated carbocycles. The maximum Gasteiger partial charge on any atom is 0.331 e. The number of carbonyl (C=O) groups excluding carboxylic acids is 5. The largest absolute Gasteiger partial charge is 0.472 e. The standard InChI is InChI=1S/C31H38O11/c1-16(32)40-26-27(3,4)20(12-22(34)38-7)29(6)19-8-10-28(5)21(13-23(35)41-24(28)18-9-11-39-14-18)30(19,37)15-31(26,25(29)36)42-17(2)33/h9,11,13-14,19-20,24,26,37H,8,10,12,15H2,1-7H3/t19-,20+,24+,26+,28-,29-,30+,31+/m1/s1. The van der Waals surface area contributed by atoms with Gasteiger partial charge in [0.05, 0.1) is 25.2 Å². The Morgan fingerprint density at radius 2 is 1.79 bits per heavy atom. The van der Waals surface area contributed by atoms with Crippen molar-refractivity contribution in [1.29, 1.82) is 0 Å². The predicted molar refractivity (Wildman–Crippen MR) is 143 cm³/mol. The van der Waals surface area contributed by atoms with Crippen molar-refractivity contribution < 1.29 is 52.4 Å². The molecule has 1 aliphatic heterocycles. The van der Waals surface area contributed by atoms with E-state index < -0.39 is 87.6 Å². The summed E-state index contributed by atoms with van der Waals surface area (Å²) in [6.07, 6.45) is 2.14. The van der Waals surface area contributed by atoms with Gasteiger partial charge < -0.3 is 28.5 Å². The van der Waals surface area contributed by atoms with Gasteiger partial charge in [-0.05, 0) is 30.4 Å². The first kappa shape index (κ1) is 30.0. The van der Waals surface area contributed by atoms with Crippen LogP contribution in [0, 0.1) is 28.1 Å². The average molecular weight is 587 g/mol. The second kappa shape index (κ2) is 9.52.